The highest BCUT2D eigenvalue weighted by molar-refractivity contribution is 5.41. The van der Waals surface area contributed by atoms with Gasteiger partial charge in [-0.15, -0.1) is 0 Å². The van der Waals surface area contributed by atoms with Crippen LogP contribution >= 0.6 is 0 Å². The van der Waals surface area contributed by atoms with Crippen molar-refractivity contribution in [2.75, 3.05) is 6.54 Å². The molecule has 0 aromatic heterocycles. The third-order valence-corrected chi connectivity index (χ3v) is 1.56. The maximum Gasteiger partial charge on any atom is 0.0555 e. The van der Waals surface area contributed by atoms with Gasteiger partial charge in [0.2, 0.25) is 0 Å². The van der Waals surface area contributed by atoms with Gasteiger partial charge in [-0.1, -0.05) is 30.0 Å². The van der Waals surface area contributed by atoms with Gasteiger partial charge in [-0.05, 0) is 11.6 Å². The van der Waals surface area contributed by atoms with Crippen LogP contribution in [0.3, 0.4) is 0 Å². The molecule has 0 fully saturated rings. The highest BCUT2D eigenvalue weighted by Crippen LogP contribution is 2.05. The first-order chi connectivity index (χ1) is 5.88. The molecule has 0 aliphatic rings. The summed E-state index contributed by atoms with van der Waals surface area (Å²) in [4.78, 5) is 0. The second-order valence-corrected chi connectivity index (χ2v) is 2.37. The Hall–Kier alpha value is -1.30. The molecule has 0 amide bonds. The van der Waals surface area contributed by atoms with E-state index in [4.69, 9.17) is 11.5 Å². The first-order valence-electron chi connectivity index (χ1n) is 3.85. The van der Waals surface area contributed by atoms with Gasteiger partial charge in [-0.25, -0.2) is 0 Å². The third kappa shape index (κ3) is 2.09. The smallest absolute Gasteiger partial charge is 0.0555 e. The van der Waals surface area contributed by atoms with E-state index in [0.717, 1.165) is 11.1 Å². The monoisotopic (exact) mass is 160 g/mol. The molecule has 0 aliphatic heterocycles. The molecule has 1 aromatic rings. The third-order valence-electron chi connectivity index (χ3n) is 1.56. The van der Waals surface area contributed by atoms with Gasteiger partial charge >= 0.3 is 0 Å². The molecule has 1 aromatic carbocycles. The number of nitrogens with two attached hydrogens (primary N) is 2. The maximum atomic E-state index is 5.52. The molecular formula is C10H12N2. The van der Waals surface area contributed by atoms with Crippen molar-refractivity contribution in [2.45, 2.75) is 6.54 Å². The van der Waals surface area contributed by atoms with Gasteiger partial charge in [0.05, 0.1) is 6.54 Å². The molecule has 0 radical (unpaired) electrons. The highest BCUT2D eigenvalue weighted by atomic mass is 14.5. The fraction of sp³-hybridized carbons (Fsp3) is 0.200. The van der Waals surface area contributed by atoms with Crippen LogP contribution < -0.4 is 11.5 Å². The number of hydrogen-bond donors (Lipinski definition) is 2. The zero-order valence-electron chi connectivity index (χ0n) is 6.88. The molecule has 0 unspecified atom stereocenters. The van der Waals surface area contributed by atoms with Gasteiger partial charge in [-0.3, -0.25) is 0 Å². The van der Waals surface area contributed by atoms with Crippen LogP contribution in [0.2, 0.25) is 0 Å². The molecule has 62 valence electrons. The van der Waals surface area contributed by atoms with Crippen LogP contribution in [0.25, 0.3) is 0 Å². The highest BCUT2D eigenvalue weighted by Gasteiger charge is 1.93. The first-order valence-corrected chi connectivity index (χ1v) is 3.85. The number of hydrogen-bond acceptors (Lipinski definition) is 2. The van der Waals surface area contributed by atoms with Crippen molar-refractivity contribution in [2.24, 2.45) is 11.5 Å². The summed E-state index contributed by atoms with van der Waals surface area (Å²) >= 11 is 0. The topological polar surface area (TPSA) is 52.0 Å². The Kier molecular flexibility index (Phi) is 3.34. The molecule has 0 spiro atoms. The van der Waals surface area contributed by atoms with E-state index in [1.165, 1.54) is 0 Å². The second-order valence-electron chi connectivity index (χ2n) is 2.37. The van der Waals surface area contributed by atoms with Crippen molar-refractivity contribution >= 4 is 0 Å². The molecule has 0 atom stereocenters. The molecular weight excluding hydrogens is 148 g/mol. The van der Waals surface area contributed by atoms with Gasteiger partial charge in [0.25, 0.3) is 0 Å². The molecule has 2 heteroatoms. The van der Waals surface area contributed by atoms with E-state index >= 15 is 0 Å². The standard InChI is InChI=1S/C10H12N2/c11-7-3-6-9-4-1-2-5-10(9)8-12/h1-2,4-5H,7-8,11-12H2. The average Bonchev–Trinajstić information content (AvgIpc) is 2.15. The summed E-state index contributed by atoms with van der Waals surface area (Å²) in [6.45, 7) is 0.911. The summed E-state index contributed by atoms with van der Waals surface area (Å²) in [6, 6.07) is 7.82. The van der Waals surface area contributed by atoms with Crippen LogP contribution in [0.4, 0.5) is 0 Å². The summed E-state index contributed by atoms with van der Waals surface area (Å²) in [5.74, 6) is 5.77. The molecule has 0 bridgehead atoms. The lowest BCUT2D eigenvalue weighted by atomic mass is 10.1. The predicted octanol–water partition coefficient (Wildman–Crippen LogP) is 0.456. The zero-order chi connectivity index (χ0) is 8.81. The summed E-state index contributed by atoms with van der Waals surface area (Å²) in [5.41, 5.74) is 12.8. The van der Waals surface area contributed by atoms with Crippen LogP contribution in [0.5, 0.6) is 0 Å². The predicted molar refractivity (Wildman–Crippen MR) is 50.3 cm³/mol. The van der Waals surface area contributed by atoms with Crippen molar-refractivity contribution in [3.8, 4) is 11.8 Å². The molecule has 0 saturated carbocycles. The Morgan fingerprint density at radius 2 is 1.92 bits per heavy atom. The summed E-state index contributed by atoms with van der Waals surface area (Å²) in [7, 11) is 0. The molecule has 0 aliphatic carbocycles. The Morgan fingerprint density at radius 3 is 2.58 bits per heavy atom. The molecule has 4 N–H and O–H groups in total. The number of benzene rings is 1. The fourth-order valence-electron chi connectivity index (χ4n) is 0.967. The Balaban J connectivity index is 2.97. The minimum absolute atomic E-state index is 0.388. The summed E-state index contributed by atoms with van der Waals surface area (Å²) in [5, 5.41) is 0. The lowest BCUT2D eigenvalue weighted by Gasteiger charge is -1.98. The van der Waals surface area contributed by atoms with Crippen molar-refractivity contribution in [1.82, 2.24) is 0 Å². The van der Waals surface area contributed by atoms with E-state index < -0.39 is 0 Å². The van der Waals surface area contributed by atoms with E-state index in [2.05, 4.69) is 11.8 Å². The van der Waals surface area contributed by atoms with Crippen molar-refractivity contribution in [1.29, 1.82) is 0 Å². The Morgan fingerprint density at radius 1 is 1.17 bits per heavy atom. The van der Waals surface area contributed by atoms with E-state index in [0.29, 0.717) is 13.1 Å². The minimum atomic E-state index is 0.388. The van der Waals surface area contributed by atoms with Crippen LogP contribution in [0.15, 0.2) is 24.3 Å². The number of rotatable bonds is 1. The average molecular weight is 160 g/mol. The molecule has 2 nitrogen and oxygen atoms in total. The van der Waals surface area contributed by atoms with E-state index in [1.54, 1.807) is 0 Å². The van der Waals surface area contributed by atoms with E-state index in [-0.39, 0.29) is 0 Å². The lowest BCUT2D eigenvalue weighted by Crippen LogP contribution is -1.99. The summed E-state index contributed by atoms with van der Waals surface area (Å²) < 4.78 is 0. The van der Waals surface area contributed by atoms with E-state index in [1.807, 2.05) is 24.3 Å². The fourth-order valence-corrected chi connectivity index (χ4v) is 0.967. The maximum absolute atomic E-state index is 5.52. The minimum Gasteiger partial charge on any atom is -0.326 e. The van der Waals surface area contributed by atoms with Gasteiger partial charge < -0.3 is 11.5 Å². The Labute approximate surface area is 72.6 Å². The van der Waals surface area contributed by atoms with Crippen LogP contribution in [-0.4, -0.2) is 6.54 Å². The largest absolute Gasteiger partial charge is 0.326 e. The molecule has 0 saturated heterocycles. The molecule has 0 heterocycles. The molecule has 1 rings (SSSR count). The van der Waals surface area contributed by atoms with Crippen LogP contribution in [-0.2, 0) is 6.54 Å². The van der Waals surface area contributed by atoms with Gasteiger partial charge in [0, 0.05) is 12.1 Å². The van der Waals surface area contributed by atoms with Crippen LogP contribution in [0.1, 0.15) is 11.1 Å². The van der Waals surface area contributed by atoms with Gasteiger partial charge in [0.1, 0.15) is 0 Å². The SMILES string of the molecule is NCC#Cc1ccccc1CN. The van der Waals surface area contributed by atoms with Crippen LogP contribution in [0, 0.1) is 11.8 Å². The zero-order valence-corrected chi connectivity index (χ0v) is 6.88. The van der Waals surface area contributed by atoms with Gasteiger partial charge in [0.15, 0.2) is 0 Å². The van der Waals surface area contributed by atoms with E-state index in [9.17, 15) is 0 Å². The normalized spacial score (nSPS) is 8.83. The van der Waals surface area contributed by atoms with Gasteiger partial charge in [-0.2, -0.15) is 0 Å². The first kappa shape index (κ1) is 8.79. The second kappa shape index (κ2) is 4.55. The lowest BCUT2D eigenvalue weighted by molar-refractivity contribution is 1.06. The van der Waals surface area contributed by atoms with Crippen molar-refractivity contribution in [3.05, 3.63) is 35.4 Å². The van der Waals surface area contributed by atoms with Crippen molar-refractivity contribution < 1.29 is 0 Å². The quantitative estimate of drug-likeness (QED) is 0.586. The Bertz CT molecular complexity index is 307. The molecule has 12 heavy (non-hydrogen) atoms. The van der Waals surface area contributed by atoms with Crippen molar-refractivity contribution in [3.63, 3.8) is 0 Å². The summed E-state index contributed by atoms with van der Waals surface area (Å²) in [6.07, 6.45) is 0.